The minimum Gasteiger partial charge on any atom is -0.489 e. The topological polar surface area (TPSA) is 35.5 Å². The van der Waals surface area contributed by atoms with Crippen LogP contribution in [-0.4, -0.2) is 24.0 Å². The maximum Gasteiger partial charge on any atom is 0.460 e. The molecule has 10 heteroatoms. The van der Waals surface area contributed by atoms with Gasteiger partial charge in [0.1, 0.15) is 18.1 Å². The molecule has 2 aromatic carbocycles. The summed E-state index contributed by atoms with van der Waals surface area (Å²) in [6.45, 7) is 0.163. The molecule has 0 atom stereocenters. The average molecular weight is 396 g/mol. The van der Waals surface area contributed by atoms with E-state index in [1.807, 2.05) is 0 Å². The minimum atomic E-state index is -6.62. The van der Waals surface area contributed by atoms with Crippen LogP contribution < -0.4 is 9.47 Å². The van der Waals surface area contributed by atoms with Gasteiger partial charge in [0, 0.05) is 0 Å². The van der Waals surface area contributed by atoms with Crippen molar-refractivity contribution in [1.82, 2.24) is 0 Å². The number of esters is 1. The number of ether oxygens (including phenoxy) is 2. The molecular weight excluding hydrogens is 385 g/mol. The van der Waals surface area contributed by atoms with Crippen LogP contribution in [0.1, 0.15) is 5.56 Å². The zero-order valence-electron chi connectivity index (χ0n) is 13.3. The molecule has 0 saturated heterocycles. The maximum atomic E-state index is 13.2. The number of rotatable bonds is 6. The molecule has 0 saturated carbocycles. The van der Waals surface area contributed by atoms with Crippen LogP contribution in [0.2, 0.25) is 0 Å². The number of alkyl halides is 7. The van der Waals surface area contributed by atoms with Gasteiger partial charge in [0.2, 0.25) is 0 Å². The standard InChI is InChI=1S/C17H11F7O3/c18-15(19,16(20,21)17(22,23)24)14(25)27-13-8-6-12(7-9-13)26-10-11-4-2-1-3-5-11/h1-9H,10H2. The van der Waals surface area contributed by atoms with Crippen molar-refractivity contribution in [2.24, 2.45) is 0 Å². The summed E-state index contributed by atoms with van der Waals surface area (Å²) in [7, 11) is 0. The Labute approximate surface area is 148 Å². The fourth-order valence-electron chi connectivity index (χ4n) is 1.82. The van der Waals surface area contributed by atoms with Crippen LogP contribution in [0.15, 0.2) is 54.6 Å². The van der Waals surface area contributed by atoms with E-state index in [9.17, 15) is 35.5 Å². The van der Waals surface area contributed by atoms with Crippen LogP contribution in [0, 0.1) is 0 Å². The summed E-state index contributed by atoms with van der Waals surface area (Å²) in [5, 5.41) is 0. The van der Waals surface area contributed by atoms with Crippen molar-refractivity contribution >= 4 is 5.97 Å². The van der Waals surface area contributed by atoms with E-state index in [2.05, 4.69) is 4.74 Å². The first-order valence-electron chi connectivity index (χ1n) is 7.26. The van der Waals surface area contributed by atoms with E-state index in [0.29, 0.717) is 0 Å². The molecule has 0 aliphatic carbocycles. The van der Waals surface area contributed by atoms with E-state index in [1.165, 1.54) is 12.1 Å². The molecule has 0 aliphatic rings. The SMILES string of the molecule is O=C(Oc1ccc(OCc2ccccc2)cc1)C(F)(F)C(F)(F)C(F)(F)F. The molecule has 146 valence electrons. The van der Waals surface area contributed by atoms with Gasteiger partial charge >= 0.3 is 24.0 Å². The van der Waals surface area contributed by atoms with Gasteiger partial charge < -0.3 is 9.47 Å². The van der Waals surface area contributed by atoms with Gasteiger partial charge in [0.25, 0.3) is 0 Å². The summed E-state index contributed by atoms with van der Waals surface area (Å²) in [6, 6.07) is 13.1. The van der Waals surface area contributed by atoms with Gasteiger partial charge in [-0.3, -0.25) is 0 Å². The monoisotopic (exact) mass is 396 g/mol. The zero-order chi connectivity index (χ0) is 20.3. The number of benzene rings is 2. The van der Waals surface area contributed by atoms with Crippen molar-refractivity contribution in [3.8, 4) is 11.5 Å². The number of carbonyl (C=O) groups is 1. The first kappa shape index (κ1) is 20.5. The normalized spacial score (nSPS) is 12.6. The number of halogens is 7. The predicted octanol–water partition coefficient (Wildman–Crippen LogP) is 5.00. The quantitative estimate of drug-likeness (QED) is 0.392. The Hall–Kier alpha value is -2.78. The number of hydrogen-bond donors (Lipinski definition) is 0. The second-order valence-electron chi connectivity index (χ2n) is 5.28. The summed E-state index contributed by atoms with van der Waals surface area (Å²) in [5.41, 5.74) is 0.821. The third-order valence-corrected chi connectivity index (χ3v) is 3.29. The molecule has 0 unspecified atom stereocenters. The summed E-state index contributed by atoms with van der Waals surface area (Å²) >= 11 is 0. The molecular formula is C17H11F7O3. The fourth-order valence-corrected chi connectivity index (χ4v) is 1.82. The predicted molar refractivity (Wildman–Crippen MR) is 78.8 cm³/mol. The van der Waals surface area contributed by atoms with E-state index in [1.54, 1.807) is 30.3 Å². The second kappa shape index (κ2) is 7.45. The van der Waals surface area contributed by atoms with Gasteiger partial charge in [0.05, 0.1) is 0 Å². The highest BCUT2D eigenvalue weighted by Gasteiger charge is 2.77. The first-order chi connectivity index (χ1) is 12.4. The lowest BCUT2D eigenvalue weighted by Crippen LogP contribution is -2.57. The molecule has 3 nitrogen and oxygen atoms in total. The highest BCUT2D eigenvalue weighted by atomic mass is 19.4. The van der Waals surface area contributed by atoms with Crippen molar-refractivity contribution in [1.29, 1.82) is 0 Å². The minimum absolute atomic E-state index is 0.163. The second-order valence-corrected chi connectivity index (χ2v) is 5.28. The molecule has 0 amide bonds. The lowest BCUT2D eigenvalue weighted by molar-refractivity contribution is -0.346. The van der Waals surface area contributed by atoms with E-state index in [4.69, 9.17) is 4.74 Å². The molecule has 0 bridgehead atoms. The van der Waals surface area contributed by atoms with Crippen molar-refractivity contribution in [3.05, 3.63) is 60.2 Å². The summed E-state index contributed by atoms with van der Waals surface area (Å²) in [5.74, 6) is -16.1. The fraction of sp³-hybridized carbons (Fsp3) is 0.235. The molecule has 27 heavy (non-hydrogen) atoms. The Bertz CT molecular complexity index is 771. The number of hydrogen-bond acceptors (Lipinski definition) is 3. The van der Waals surface area contributed by atoms with Crippen molar-refractivity contribution in [2.45, 2.75) is 24.6 Å². The Morgan fingerprint density at radius 2 is 1.30 bits per heavy atom. The molecule has 0 aliphatic heterocycles. The highest BCUT2D eigenvalue weighted by Crippen LogP contribution is 2.47. The van der Waals surface area contributed by atoms with Crippen LogP contribution in [0.25, 0.3) is 0 Å². The van der Waals surface area contributed by atoms with Gasteiger partial charge in [-0.05, 0) is 29.8 Å². The van der Waals surface area contributed by atoms with Crippen molar-refractivity contribution < 1.29 is 45.0 Å². The molecule has 0 N–H and O–H groups in total. The van der Waals surface area contributed by atoms with Crippen LogP contribution >= 0.6 is 0 Å². The lowest BCUT2D eigenvalue weighted by Gasteiger charge is -2.26. The first-order valence-corrected chi connectivity index (χ1v) is 7.26. The molecule has 0 radical (unpaired) electrons. The Morgan fingerprint density at radius 3 is 1.81 bits per heavy atom. The largest absolute Gasteiger partial charge is 0.489 e. The molecule has 0 heterocycles. The number of carbonyl (C=O) groups excluding carboxylic acids is 1. The average Bonchev–Trinajstić information content (AvgIpc) is 2.61. The van der Waals surface area contributed by atoms with Crippen LogP contribution in [-0.2, 0) is 11.4 Å². The van der Waals surface area contributed by atoms with Gasteiger partial charge in [-0.2, -0.15) is 30.7 Å². The molecule has 0 fully saturated rings. The van der Waals surface area contributed by atoms with E-state index >= 15 is 0 Å². The molecule has 2 aromatic rings. The Kier molecular flexibility index (Phi) is 5.67. The smallest absolute Gasteiger partial charge is 0.460 e. The van der Waals surface area contributed by atoms with Crippen molar-refractivity contribution in [2.75, 3.05) is 0 Å². The summed E-state index contributed by atoms with van der Waals surface area (Å²) in [4.78, 5) is 11.1. The van der Waals surface area contributed by atoms with Crippen LogP contribution in [0.4, 0.5) is 30.7 Å². The third kappa shape index (κ3) is 4.50. The van der Waals surface area contributed by atoms with Crippen molar-refractivity contribution in [3.63, 3.8) is 0 Å². The lowest BCUT2D eigenvalue weighted by atomic mass is 10.1. The van der Waals surface area contributed by atoms with Crippen LogP contribution in [0.3, 0.4) is 0 Å². The molecule has 0 aromatic heterocycles. The Balaban J connectivity index is 2.02. The Morgan fingerprint density at radius 1 is 0.778 bits per heavy atom. The highest BCUT2D eigenvalue weighted by molar-refractivity contribution is 5.81. The van der Waals surface area contributed by atoms with E-state index < -0.39 is 29.7 Å². The van der Waals surface area contributed by atoms with E-state index in [-0.39, 0.29) is 12.4 Å². The molecule has 2 rings (SSSR count). The van der Waals surface area contributed by atoms with Gasteiger partial charge in [-0.1, -0.05) is 30.3 Å². The van der Waals surface area contributed by atoms with Gasteiger partial charge in [0.15, 0.2) is 0 Å². The summed E-state index contributed by atoms with van der Waals surface area (Å²) < 4.78 is 97.4. The maximum absolute atomic E-state index is 13.2. The third-order valence-electron chi connectivity index (χ3n) is 3.29. The van der Waals surface area contributed by atoms with E-state index in [0.717, 1.165) is 17.7 Å². The van der Waals surface area contributed by atoms with Gasteiger partial charge in [-0.25, -0.2) is 4.79 Å². The molecule has 0 spiro atoms. The van der Waals surface area contributed by atoms with Crippen LogP contribution in [0.5, 0.6) is 11.5 Å². The van der Waals surface area contributed by atoms with Gasteiger partial charge in [-0.15, -0.1) is 0 Å². The summed E-state index contributed by atoms with van der Waals surface area (Å²) in [6.07, 6.45) is -6.62. The zero-order valence-corrected chi connectivity index (χ0v) is 13.3.